The summed E-state index contributed by atoms with van der Waals surface area (Å²) in [6.07, 6.45) is 4.14. The summed E-state index contributed by atoms with van der Waals surface area (Å²) in [6, 6.07) is 6.40. The molecule has 0 radical (unpaired) electrons. The summed E-state index contributed by atoms with van der Waals surface area (Å²) >= 11 is 3.39. The van der Waals surface area contributed by atoms with Crippen molar-refractivity contribution in [2.24, 2.45) is 5.41 Å². The number of benzene rings is 1. The second-order valence-electron chi connectivity index (χ2n) is 12.2. The third-order valence-corrected chi connectivity index (χ3v) is 9.62. The summed E-state index contributed by atoms with van der Waals surface area (Å²) in [7, 11) is 0. The van der Waals surface area contributed by atoms with Gasteiger partial charge < -0.3 is 15.0 Å². The Bertz CT molecular complexity index is 1860. The number of fused-ring (bicyclic) bond motifs is 2. The standard InChI is InChI=1S/C35H37BrN6O4/c1-6-24(7-2)25-16-22(4)32-26(17-25)31(23(5)43)39-41(32)19-30(44)42-27(34(45)38-33-21(3)8-9-29(36)37-33)18-35(11-10-28(35)42)20-40-12-14-46-15-13-40/h6-9,16-17,27-28H,1,12-15,18-20H2,2-5H3,(H,37,38,45)/b24-7+/t27-,28+,35+/m0/s1. The van der Waals surface area contributed by atoms with E-state index in [2.05, 4.69) is 54.6 Å². The molecule has 0 spiro atoms. The number of anilines is 1. The molecule has 238 valence electrons. The van der Waals surface area contributed by atoms with E-state index in [1.165, 1.54) is 6.92 Å². The fourth-order valence-corrected chi connectivity index (χ4v) is 7.17. The van der Waals surface area contributed by atoms with Crippen molar-refractivity contribution in [2.75, 3.05) is 38.2 Å². The van der Waals surface area contributed by atoms with Gasteiger partial charge in [-0.3, -0.25) is 24.0 Å². The molecule has 3 aliphatic rings. The summed E-state index contributed by atoms with van der Waals surface area (Å²) in [5, 5.41) is 8.29. The van der Waals surface area contributed by atoms with Gasteiger partial charge in [0.1, 0.15) is 34.7 Å². The lowest BCUT2D eigenvalue weighted by atomic mass is 9.73. The van der Waals surface area contributed by atoms with Gasteiger partial charge in [0.05, 0.1) is 24.1 Å². The number of amides is 2. The van der Waals surface area contributed by atoms with E-state index in [1.54, 1.807) is 15.7 Å². The number of hydrogen-bond acceptors (Lipinski definition) is 7. The molecule has 46 heavy (non-hydrogen) atoms. The first-order valence-electron chi connectivity index (χ1n) is 15.4. The number of rotatable bonds is 9. The van der Waals surface area contributed by atoms with E-state index in [-0.39, 0.29) is 24.1 Å². The molecular weight excluding hydrogens is 648 g/mol. The number of likely N-dealkylation sites (tertiary alicyclic amines) is 1. The number of nitrogens with one attached hydrogen (secondary N) is 1. The third-order valence-electron chi connectivity index (χ3n) is 9.17. The Morgan fingerprint density at radius 3 is 2.61 bits per heavy atom. The molecule has 4 heterocycles. The summed E-state index contributed by atoms with van der Waals surface area (Å²) < 4.78 is 7.75. The number of carbonyl (C=O) groups is 3. The number of ether oxygens (including phenoxy) is 1. The molecule has 3 aromatic rings. The van der Waals surface area contributed by atoms with E-state index in [9.17, 15) is 14.4 Å². The molecule has 2 aliphatic heterocycles. The molecule has 2 aromatic heterocycles. The number of pyridine rings is 1. The third kappa shape index (κ3) is 5.70. The Labute approximate surface area is 277 Å². The van der Waals surface area contributed by atoms with Gasteiger partial charge >= 0.3 is 0 Å². The number of hydrogen-bond donors (Lipinski definition) is 1. The SMILES string of the molecule is C=C/C(=C\C)c1cc(C)c2c(c1)c(C(C)=O)nn2CC(=O)N1[C@H](C(=O)Nc2nc(Br)ccc2C)C[C@@]2(CN3CCOCC3)C#C[C@@H]12. The number of ketones is 1. The first kappa shape index (κ1) is 31.9. The van der Waals surface area contributed by atoms with Gasteiger partial charge in [-0.25, -0.2) is 4.98 Å². The van der Waals surface area contributed by atoms with E-state index in [0.29, 0.717) is 53.2 Å². The van der Waals surface area contributed by atoms with Crippen LogP contribution in [0, 0.1) is 31.1 Å². The molecule has 2 saturated heterocycles. The van der Waals surface area contributed by atoms with E-state index >= 15 is 0 Å². The molecule has 3 atom stereocenters. The van der Waals surface area contributed by atoms with Crippen LogP contribution in [0.4, 0.5) is 5.82 Å². The van der Waals surface area contributed by atoms with Gasteiger partial charge in [0.25, 0.3) is 0 Å². The lowest BCUT2D eigenvalue weighted by molar-refractivity contribution is -0.138. The zero-order valence-corrected chi connectivity index (χ0v) is 28.1. The Kier molecular flexibility index (Phi) is 8.72. The van der Waals surface area contributed by atoms with Crippen molar-refractivity contribution < 1.29 is 19.1 Å². The summed E-state index contributed by atoms with van der Waals surface area (Å²) in [4.78, 5) is 49.5. The first-order chi connectivity index (χ1) is 22.0. The van der Waals surface area contributed by atoms with Gasteiger partial charge in [0, 0.05) is 31.9 Å². The van der Waals surface area contributed by atoms with Crippen LogP contribution >= 0.6 is 15.9 Å². The zero-order chi connectivity index (χ0) is 32.7. The maximum atomic E-state index is 14.4. The highest BCUT2D eigenvalue weighted by atomic mass is 79.9. The van der Waals surface area contributed by atoms with E-state index in [1.807, 2.05) is 51.1 Å². The highest BCUT2D eigenvalue weighted by Gasteiger charge is 2.59. The highest BCUT2D eigenvalue weighted by molar-refractivity contribution is 9.10. The molecule has 10 nitrogen and oxygen atoms in total. The number of allylic oxidation sites excluding steroid dienone is 3. The maximum absolute atomic E-state index is 14.4. The van der Waals surface area contributed by atoms with Crippen LogP contribution < -0.4 is 5.32 Å². The van der Waals surface area contributed by atoms with Gasteiger partial charge in [-0.05, 0) is 83.6 Å². The fraction of sp³-hybridized carbons (Fsp3) is 0.400. The van der Waals surface area contributed by atoms with Crippen molar-refractivity contribution in [3.63, 3.8) is 0 Å². The number of morpholine rings is 1. The van der Waals surface area contributed by atoms with Gasteiger partial charge in [-0.15, -0.1) is 0 Å². The van der Waals surface area contributed by atoms with Crippen molar-refractivity contribution in [1.82, 2.24) is 24.6 Å². The number of nitrogens with zero attached hydrogens (tertiary/aromatic N) is 5. The molecule has 1 aromatic carbocycles. The molecule has 1 N–H and O–H groups in total. The monoisotopic (exact) mass is 684 g/mol. The minimum Gasteiger partial charge on any atom is -0.379 e. The average molecular weight is 686 g/mol. The molecule has 0 bridgehead atoms. The van der Waals surface area contributed by atoms with Crippen molar-refractivity contribution in [3.8, 4) is 11.8 Å². The molecule has 0 unspecified atom stereocenters. The molecule has 2 fully saturated rings. The van der Waals surface area contributed by atoms with Gasteiger partial charge in [-0.1, -0.05) is 36.6 Å². The number of aromatic nitrogens is 3. The predicted octanol–water partition coefficient (Wildman–Crippen LogP) is 4.55. The number of Topliss-reactive ketones (excluding diaryl/α,β-unsaturated/α-hetero) is 1. The Morgan fingerprint density at radius 2 is 1.96 bits per heavy atom. The molecular formula is C35H37BrN6O4. The molecule has 11 heteroatoms. The number of halogens is 1. The Hall–Kier alpha value is -4.11. The molecule has 1 aliphatic carbocycles. The van der Waals surface area contributed by atoms with Crippen LogP contribution in [-0.4, -0.2) is 87.1 Å². The largest absolute Gasteiger partial charge is 0.379 e. The van der Waals surface area contributed by atoms with Crippen LogP contribution in [-0.2, 0) is 20.9 Å². The van der Waals surface area contributed by atoms with Crippen molar-refractivity contribution in [3.05, 3.63) is 70.0 Å². The van der Waals surface area contributed by atoms with E-state index in [4.69, 9.17) is 4.74 Å². The Morgan fingerprint density at radius 1 is 1.20 bits per heavy atom. The summed E-state index contributed by atoms with van der Waals surface area (Å²) in [5.74, 6) is 6.22. The minimum absolute atomic E-state index is 0.147. The van der Waals surface area contributed by atoms with E-state index < -0.39 is 17.5 Å². The predicted molar refractivity (Wildman–Crippen MR) is 180 cm³/mol. The lowest BCUT2D eigenvalue weighted by Crippen LogP contribution is -2.54. The second-order valence-corrected chi connectivity index (χ2v) is 13.0. The van der Waals surface area contributed by atoms with Crippen molar-refractivity contribution >= 4 is 55.8 Å². The Balaban J connectivity index is 1.36. The van der Waals surface area contributed by atoms with E-state index in [0.717, 1.165) is 35.4 Å². The smallest absolute Gasteiger partial charge is 0.248 e. The first-order valence-corrected chi connectivity index (χ1v) is 16.2. The van der Waals surface area contributed by atoms with Crippen LogP contribution in [0.5, 0.6) is 0 Å². The fourth-order valence-electron chi connectivity index (χ4n) is 6.86. The quantitative estimate of drug-likeness (QED) is 0.153. The second kappa shape index (κ2) is 12.6. The lowest BCUT2D eigenvalue weighted by Gasteiger charge is -2.40. The summed E-state index contributed by atoms with van der Waals surface area (Å²) in [5.41, 5.74) is 4.00. The number of carbonyl (C=O) groups excluding carboxylic acids is 3. The number of aryl methyl sites for hydroxylation is 2. The van der Waals surface area contributed by atoms with Crippen LogP contribution in [0.2, 0.25) is 0 Å². The van der Waals surface area contributed by atoms with Gasteiger partial charge in [-0.2, -0.15) is 5.10 Å². The maximum Gasteiger partial charge on any atom is 0.248 e. The van der Waals surface area contributed by atoms with Crippen LogP contribution in [0.3, 0.4) is 0 Å². The van der Waals surface area contributed by atoms with Crippen LogP contribution in [0.25, 0.3) is 16.5 Å². The van der Waals surface area contributed by atoms with Gasteiger partial charge in [0.15, 0.2) is 5.78 Å². The van der Waals surface area contributed by atoms with Crippen LogP contribution in [0.1, 0.15) is 47.4 Å². The van der Waals surface area contributed by atoms with Crippen LogP contribution in [0.15, 0.2) is 47.6 Å². The molecule has 0 saturated carbocycles. The highest BCUT2D eigenvalue weighted by Crippen LogP contribution is 2.46. The molecule has 2 amide bonds. The zero-order valence-electron chi connectivity index (χ0n) is 26.5. The topological polar surface area (TPSA) is 110 Å². The molecule has 6 rings (SSSR count). The summed E-state index contributed by atoms with van der Waals surface area (Å²) in [6.45, 7) is 14.5. The van der Waals surface area contributed by atoms with Crippen molar-refractivity contribution in [1.29, 1.82) is 0 Å². The average Bonchev–Trinajstić information content (AvgIpc) is 3.49. The normalized spacial score (nSPS) is 22.5. The van der Waals surface area contributed by atoms with Crippen molar-refractivity contribution in [2.45, 2.75) is 52.7 Å². The minimum atomic E-state index is -0.784. The van der Waals surface area contributed by atoms with Gasteiger partial charge in [0.2, 0.25) is 11.8 Å².